The molecule has 0 atom stereocenters. The number of anilines is 1. The molecule has 0 unspecified atom stereocenters. The lowest BCUT2D eigenvalue weighted by Crippen LogP contribution is -2.16. The highest BCUT2D eigenvalue weighted by Gasteiger charge is 2.11. The minimum atomic E-state index is -0.578. The average Bonchev–Trinajstić information content (AvgIpc) is 3.09. The van der Waals surface area contributed by atoms with Gasteiger partial charge in [-0.05, 0) is 43.3 Å². The van der Waals surface area contributed by atoms with Crippen LogP contribution in [0.15, 0.2) is 64.8 Å². The Bertz CT molecular complexity index is 1250. The van der Waals surface area contributed by atoms with Crippen LogP contribution < -0.4 is 15.6 Å². The monoisotopic (exact) mass is 409 g/mol. The van der Waals surface area contributed by atoms with E-state index in [1.807, 2.05) is 12.3 Å². The summed E-state index contributed by atoms with van der Waals surface area (Å²) in [6.45, 7) is 2.00. The van der Waals surface area contributed by atoms with Gasteiger partial charge in [-0.15, -0.1) is 11.3 Å². The maximum atomic E-state index is 13.7. The molecule has 0 saturated heterocycles. The van der Waals surface area contributed by atoms with Crippen LogP contribution in [0.5, 0.6) is 5.75 Å². The molecule has 29 heavy (non-hydrogen) atoms. The Hall–Kier alpha value is -3.52. The Morgan fingerprint density at radius 2 is 1.97 bits per heavy atom. The summed E-state index contributed by atoms with van der Waals surface area (Å²) in [4.78, 5) is 29.4. The normalized spacial score (nSPS) is 10.8. The van der Waals surface area contributed by atoms with Crippen molar-refractivity contribution in [1.29, 1.82) is 0 Å². The zero-order chi connectivity index (χ0) is 20.4. The van der Waals surface area contributed by atoms with Crippen molar-refractivity contribution in [3.63, 3.8) is 0 Å². The van der Waals surface area contributed by atoms with Crippen LogP contribution in [-0.2, 0) is 6.61 Å². The number of fused-ring (bicyclic) bond motifs is 1. The van der Waals surface area contributed by atoms with E-state index in [1.165, 1.54) is 35.6 Å². The Morgan fingerprint density at radius 1 is 1.21 bits per heavy atom. The van der Waals surface area contributed by atoms with E-state index in [9.17, 15) is 14.0 Å². The second-order valence-corrected chi connectivity index (χ2v) is 7.16. The molecule has 2 heterocycles. The summed E-state index contributed by atoms with van der Waals surface area (Å²) in [6, 6.07) is 13.9. The van der Waals surface area contributed by atoms with E-state index in [0.717, 1.165) is 5.69 Å². The van der Waals surface area contributed by atoms with E-state index in [4.69, 9.17) is 4.74 Å². The number of benzene rings is 2. The molecule has 8 heteroatoms. The van der Waals surface area contributed by atoms with Crippen molar-refractivity contribution in [2.45, 2.75) is 13.5 Å². The predicted molar refractivity (Wildman–Crippen MR) is 109 cm³/mol. The lowest BCUT2D eigenvalue weighted by molar-refractivity contribution is 0.102. The van der Waals surface area contributed by atoms with Gasteiger partial charge in [0.1, 0.15) is 18.2 Å². The van der Waals surface area contributed by atoms with Gasteiger partial charge in [-0.1, -0.05) is 12.1 Å². The predicted octanol–water partition coefficient (Wildman–Crippen LogP) is 4.03. The van der Waals surface area contributed by atoms with E-state index in [1.54, 1.807) is 34.7 Å². The van der Waals surface area contributed by atoms with Gasteiger partial charge in [-0.25, -0.2) is 9.37 Å². The van der Waals surface area contributed by atoms with Gasteiger partial charge in [0.05, 0.1) is 11.3 Å². The minimum Gasteiger partial charge on any atom is -0.487 e. The number of amides is 1. The van der Waals surface area contributed by atoms with E-state index >= 15 is 0 Å². The highest BCUT2D eigenvalue weighted by atomic mass is 32.1. The first-order chi connectivity index (χ1) is 14.0. The first kappa shape index (κ1) is 18.8. The number of carbonyl (C=O) groups excluding carboxylic acids is 1. The number of carbonyl (C=O) groups is 1. The summed E-state index contributed by atoms with van der Waals surface area (Å²) in [5.74, 6) is -0.550. The van der Waals surface area contributed by atoms with Gasteiger partial charge in [0.2, 0.25) is 0 Å². The van der Waals surface area contributed by atoms with Crippen molar-refractivity contribution >= 4 is 27.9 Å². The molecular weight excluding hydrogens is 393 g/mol. The molecule has 0 fully saturated rings. The number of thiazole rings is 1. The summed E-state index contributed by atoms with van der Waals surface area (Å²) in [5, 5.41) is 4.52. The fourth-order valence-electron chi connectivity index (χ4n) is 2.81. The number of hydrogen-bond acceptors (Lipinski definition) is 5. The summed E-state index contributed by atoms with van der Waals surface area (Å²) < 4.78 is 20.9. The average molecular weight is 409 g/mol. The summed E-state index contributed by atoms with van der Waals surface area (Å²) in [5.41, 5.74) is 1.73. The maximum Gasteiger partial charge on any atom is 0.259 e. The Balaban J connectivity index is 1.42. The van der Waals surface area contributed by atoms with Crippen LogP contribution in [0, 0.1) is 12.7 Å². The first-order valence-corrected chi connectivity index (χ1v) is 9.65. The van der Waals surface area contributed by atoms with E-state index in [0.29, 0.717) is 22.1 Å². The lowest BCUT2D eigenvalue weighted by Gasteiger charge is -2.09. The molecule has 2 aromatic carbocycles. The molecule has 0 radical (unpaired) electrons. The molecule has 4 aromatic rings. The van der Waals surface area contributed by atoms with Gasteiger partial charge in [-0.2, -0.15) is 0 Å². The third-order valence-corrected chi connectivity index (χ3v) is 5.19. The Kier molecular flexibility index (Phi) is 5.09. The van der Waals surface area contributed by atoms with Gasteiger partial charge < -0.3 is 10.1 Å². The maximum absolute atomic E-state index is 13.7. The van der Waals surface area contributed by atoms with Gasteiger partial charge in [-0.3, -0.25) is 14.0 Å². The van der Waals surface area contributed by atoms with Crippen molar-refractivity contribution in [2.24, 2.45) is 0 Å². The van der Waals surface area contributed by atoms with E-state index in [-0.39, 0.29) is 17.7 Å². The van der Waals surface area contributed by atoms with Crippen LogP contribution in [0.25, 0.3) is 4.96 Å². The number of nitrogens with zero attached hydrogens (tertiary/aromatic N) is 2. The molecule has 6 nitrogen and oxygen atoms in total. The van der Waals surface area contributed by atoms with Gasteiger partial charge in [0.25, 0.3) is 11.5 Å². The summed E-state index contributed by atoms with van der Waals surface area (Å²) in [7, 11) is 0. The number of ether oxygens (including phenoxy) is 1. The molecule has 146 valence electrons. The van der Waals surface area contributed by atoms with E-state index < -0.39 is 11.7 Å². The van der Waals surface area contributed by atoms with Crippen LogP contribution in [0.1, 0.15) is 21.7 Å². The molecule has 0 spiro atoms. The fourth-order valence-corrected chi connectivity index (χ4v) is 3.70. The zero-order valence-electron chi connectivity index (χ0n) is 15.4. The second kappa shape index (κ2) is 7.84. The van der Waals surface area contributed by atoms with Gasteiger partial charge in [0, 0.05) is 22.8 Å². The van der Waals surface area contributed by atoms with Crippen molar-refractivity contribution in [3.05, 3.63) is 93.1 Å². The molecule has 0 aliphatic rings. The number of hydrogen-bond donors (Lipinski definition) is 1. The highest BCUT2D eigenvalue weighted by molar-refractivity contribution is 7.15. The molecule has 4 rings (SSSR count). The molecule has 0 bridgehead atoms. The Morgan fingerprint density at radius 3 is 2.72 bits per heavy atom. The largest absolute Gasteiger partial charge is 0.487 e. The molecule has 1 amide bonds. The quantitative estimate of drug-likeness (QED) is 0.540. The topological polar surface area (TPSA) is 72.7 Å². The molecule has 0 saturated carbocycles. The smallest absolute Gasteiger partial charge is 0.259 e. The third-order valence-electron chi connectivity index (χ3n) is 4.25. The van der Waals surface area contributed by atoms with Crippen molar-refractivity contribution in [1.82, 2.24) is 9.38 Å². The summed E-state index contributed by atoms with van der Waals surface area (Å²) >= 11 is 1.40. The second-order valence-electron chi connectivity index (χ2n) is 6.33. The standard InChI is InChI=1S/C21H16FN3O3S/c1-13-12-29-21-24-15(10-19(26)25(13)21)11-28-16-8-6-14(7-9-16)23-20(27)17-4-2-3-5-18(17)22/h2-10,12H,11H2,1H3,(H,23,27). The first-order valence-electron chi connectivity index (χ1n) is 8.77. The number of halogens is 1. The zero-order valence-corrected chi connectivity index (χ0v) is 16.2. The molecule has 0 aliphatic carbocycles. The summed E-state index contributed by atoms with van der Waals surface area (Å²) in [6.07, 6.45) is 0. The third kappa shape index (κ3) is 4.02. The van der Waals surface area contributed by atoms with Crippen molar-refractivity contribution < 1.29 is 13.9 Å². The van der Waals surface area contributed by atoms with Crippen LogP contribution in [0.3, 0.4) is 0 Å². The van der Waals surface area contributed by atoms with Crippen LogP contribution in [0.2, 0.25) is 0 Å². The van der Waals surface area contributed by atoms with Crippen LogP contribution in [-0.4, -0.2) is 15.3 Å². The Labute approximate surface area is 169 Å². The number of nitrogens with one attached hydrogen (secondary N) is 1. The number of rotatable bonds is 5. The van der Waals surface area contributed by atoms with Crippen molar-refractivity contribution in [3.8, 4) is 5.75 Å². The number of aromatic nitrogens is 2. The molecular formula is C21H16FN3O3S. The van der Waals surface area contributed by atoms with Gasteiger partial charge >= 0.3 is 0 Å². The van der Waals surface area contributed by atoms with Gasteiger partial charge in [0.15, 0.2) is 4.96 Å². The van der Waals surface area contributed by atoms with Crippen molar-refractivity contribution in [2.75, 3.05) is 5.32 Å². The van der Waals surface area contributed by atoms with Crippen LogP contribution in [0.4, 0.5) is 10.1 Å². The fraction of sp³-hybridized carbons (Fsp3) is 0.0952. The molecule has 2 aromatic heterocycles. The molecule has 0 aliphatic heterocycles. The lowest BCUT2D eigenvalue weighted by atomic mass is 10.2. The van der Waals surface area contributed by atoms with Crippen LogP contribution >= 0.6 is 11.3 Å². The van der Waals surface area contributed by atoms with E-state index in [2.05, 4.69) is 10.3 Å². The SMILES string of the molecule is Cc1csc2nc(COc3ccc(NC(=O)c4ccccc4F)cc3)cc(=O)n12. The molecule has 1 N–H and O–H groups in total. The minimum absolute atomic E-state index is 0.0237. The highest BCUT2D eigenvalue weighted by Crippen LogP contribution is 2.19. The number of aryl methyl sites for hydroxylation is 1.